The van der Waals surface area contributed by atoms with Gasteiger partial charge in [-0.3, -0.25) is 14.5 Å². The van der Waals surface area contributed by atoms with E-state index < -0.39 is 23.2 Å². The summed E-state index contributed by atoms with van der Waals surface area (Å²) >= 11 is 19.1. The predicted molar refractivity (Wildman–Crippen MR) is 128 cm³/mol. The minimum atomic E-state index is -1.04. The summed E-state index contributed by atoms with van der Waals surface area (Å²) in [6.07, 6.45) is 1.49. The largest absolute Gasteiger partial charge is 0.493 e. The van der Waals surface area contributed by atoms with E-state index in [0.717, 1.165) is 22.2 Å². The molecule has 7 nitrogen and oxygen atoms in total. The molecule has 3 rings (SSSR count). The number of ether oxygens (including phenoxy) is 3. The molecule has 1 aliphatic rings. The number of benzene rings is 2. The maximum absolute atomic E-state index is 12.7. The quantitative estimate of drug-likeness (QED) is 0.329. The van der Waals surface area contributed by atoms with Gasteiger partial charge >= 0.3 is 5.97 Å². The molecule has 1 atom stereocenters. The van der Waals surface area contributed by atoms with Crippen LogP contribution in [0.25, 0.3) is 6.08 Å². The van der Waals surface area contributed by atoms with Gasteiger partial charge in [-0.15, -0.1) is 0 Å². The molecule has 0 bridgehead atoms. The number of halogens is 3. The van der Waals surface area contributed by atoms with Gasteiger partial charge in [0, 0.05) is 0 Å². The Labute approximate surface area is 209 Å². The van der Waals surface area contributed by atoms with E-state index in [1.54, 1.807) is 30.3 Å². The van der Waals surface area contributed by atoms with E-state index in [9.17, 15) is 14.4 Å². The van der Waals surface area contributed by atoms with Crippen molar-refractivity contribution in [3.05, 3.63) is 61.4 Å². The highest BCUT2D eigenvalue weighted by Crippen LogP contribution is 2.40. The van der Waals surface area contributed by atoms with Gasteiger partial charge in [0.25, 0.3) is 11.1 Å². The van der Waals surface area contributed by atoms with Crippen molar-refractivity contribution >= 4 is 69.8 Å². The number of hydrogen-bond donors (Lipinski definition) is 0. The van der Waals surface area contributed by atoms with Gasteiger partial charge in [-0.2, -0.15) is 0 Å². The van der Waals surface area contributed by atoms with Crippen LogP contribution in [0.5, 0.6) is 11.5 Å². The zero-order chi connectivity index (χ0) is 24.3. The van der Waals surface area contributed by atoms with Crippen LogP contribution < -0.4 is 9.47 Å². The Morgan fingerprint density at radius 3 is 2.45 bits per heavy atom. The summed E-state index contributed by atoms with van der Waals surface area (Å²) in [6, 6.07) is 7.28. The average Bonchev–Trinajstić information content (AvgIpc) is 3.06. The topological polar surface area (TPSA) is 82.1 Å². The smallest absolute Gasteiger partial charge is 0.328 e. The Balaban J connectivity index is 1.83. The van der Waals surface area contributed by atoms with E-state index in [2.05, 4.69) is 4.74 Å². The highest BCUT2D eigenvalue weighted by atomic mass is 35.5. The van der Waals surface area contributed by atoms with Crippen LogP contribution >= 0.6 is 46.6 Å². The lowest BCUT2D eigenvalue weighted by Gasteiger charge is -2.18. The van der Waals surface area contributed by atoms with Gasteiger partial charge < -0.3 is 14.2 Å². The number of thioether (sulfide) groups is 1. The summed E-state index contributed by atoms with van der Waals surface area (Å²) in [4.78, 5) is 37.7. The molecule has 0 spiro atoms. The van der Waals surface area contributed by atoms with E-state index in [0.29, 0.717) is 27.1 Å². The summed E-state index contributed by atoms with van der Waals surface area (Å²) in [6.45, 7) is 1.58. The fourth-order valence-electron chi connectivity index (χ4n) is 2.99. The number of carbonyl (C=O) groups is 3. The number of nitrogens with zero attached hydrogens (tertiary/aromatic N) is 1. The Kier molecular flexibility index (Phi) is 8.18. The second-order valence-corrected chi connectivity index (χ2v) is 9.04. The number of methoxy groups -OCH3 is 2. The monoisotopic (exact) mass is 529 g/mol. The summed E-state index contributed by atoms with van der Waals surface area (Å²) < 4.78 is 15.9. The maximum atomic E-state index is 12.7. The SMILES string of the molecule is COC(=O)[C@H](C)N1C(=O)S/C(=C/c2cc(Cl)c(OCc3ccc(Cl)c(Cl)c3)c(OC)c2)C1=O. The van der Waals surface area contributed by atoms with Gasteiger partial charge in [0.15, 0.2) is 11.5 Å². The first-order chi connectivity index (χ1) is 15.7. The molecule has 1 aliphatic heterocycles. The molecule has 0 saturated carbocycles. The van der Waals surface area contributed by atoms with Gasteiger partial charge in [-0.05, 0) is 60.2 Å². The number of esters is 1. The van der Waals surface area contributed by atoms with Crippen LogP contribution in [-0.2, 0) is 20.9 Å². The molecular formula is C22H18Cl3NO6S. The highest BCUT2D eigenvalue weighted by Gasteiger charge is 2.41. The molecule has 33 heavy (non-hydrogen) atoms. The molecule has 0 radical (unpaired) electrons. The van der Waals surface area contributed by atoms with Crippen molar-refractivity contribution in [2.45, 2.75) is 19.6 Å². The van der Waals surface area contributed by atoms with Crippen molar-refractivity contribution < 1.29 is 28.6 Å². The highest BCUT2D eigenvalue weighted by molar-refractivity contribution is 8.18. The molecule has 174 valence electrons. The molecule has 2 aromatic carbocycles. The first-order valence-electron chi connectivity index (χ1n) is 9.45. The van der Waals surface area contributed by atoms with Crippen LogP contribution in [0.3, 0.4) is 0 Å². The van der Waals surface area contributed by atoms with Gasteiger partial charge in [-0.25, -0.2) is 4.79 Å². The molecule has 1 heterocycles. The lowest BCUT2D eigenvalue weighted by molar-refractivity contribution is -0.148. The minimum Gasteiger partial charge on any atom is -0.493 e. The van der Waals surface area contributed by atoms with E-state index in [1.807, 2.05) is 0 Å². The third-order valence-corrected chi connectivity index (χ3v) is 6.57. The zero-order valence-electron chi connectivity index (χ0n) is 17.7. The summed E-state index contributed by atoms with van der Waals surface area (Å²) in [7, 11) is 2.64. The number of rotatable bonds is 7. The van der Waals surface area contributed by atoms with E-state index in [-0.39, 0.29) is 16.5 Å². The van der Waals surface area contributed by atoms with Crippen molar-refractivity contribution in [2.75, 3.05) is 14.2 Å². The summed E-state index contributed by atoms with van der Waals surface area (Å²) in [5.74, 6) is -0.657. The Morgan fingerprint density at radius 1 is 1.09 bits per heavy atom. The van der Waals surface area contributed by atoms with Crippen LogP contribution in [0.4, 0.5) is 4.79 Å². The van der Waals surface area contributed by atoms with Crippen LogP contribution in [0.2, 0.25) is 15.1 Å². The summed E-state index contributed by atoms with van der Waals surface area (Å²) in [5, 5.41) is 0.513. The summed E-state index contributed by atoms with van der Waals surface area (Å²) in [5.41, 5.74) is 1.29. The lowest BCUT2D eigenvalue weighted by atomic mass is 10.1. The Morgan fingerprint density at radius 2 is 1.82 bits per heavy atom. The van der Waals surface area contributed by atoms with Gasteiger partial charge in [0.2, 0.25) is 0 Å². The number of carbonyl (C=O) groups excluding carboxylic acids is 3. The van der Waals surface area contributed by atoms with Crippen molar-refractivity contribution in [1.82, 2.24) is 4.90 Å². The van der Waals surface area contributed by atoms with Crippen LogP contribution in [-0.4, -0.2) is 42.3 Å². The second-order valence-electron chi connectivity index (χ2n) is 6.82. The molecule has 1 fully saturated rings. The van der Waals surface area contributed by atoms with Crippen molar-refractivity contribution in [1.29, 1.82) is 0 Å². The second kappa shape index (κ2) is 10.7. The standard InChI is InChI=1S/C22H18Cl3NO6S/c1-11(21(28)31-3)26-20(27)18(33-22(26)29)9-13-7-16(25)19(17(8-13)30-2)32-10-12-4-5-14(23)15(24)6-12/h4-9,11H,10H2,1-3H3/b18-9+/t11-/m0/s1. The lowest BCUT2D eigenvalue weighted by Crippen LogP contribution is -2.42. The molecule has 0 N–H and O–H groups in total. The zero-order valence-corrected chi connectivity index (χ0v) is 20.8. The molecule has 0 aromatic heterocycles. The number of hydrogen-bond acceptors (Lipinski definition) is 7. The van der Waals surface area contributed by atoms with Crippen LogP contribution in [0.15, 0.2) is 35.2 Å². The average molecular weight is 531 g/mol. The predicted octanol–water partition coefficient (Wildman–Crippen LogP) is 5.83. The van der Waals surface area contributed by atoms with Crippen molar-refractivity contribution in [3.63, 3.8) is 0 Å². The van der Waals surface area contributed by atoms with Gasteiger partial charge in [-0.1, -0.05) is 40.9 Å². The Bertz CT molecular complexity index is 1150. The van der Waals surface area contributed by atoms with E-state index in [1.165, 1.54) is 27.2 Å². The fourth-order valence-corrected chi connectivity index (χ4v) is 4.49. The number of imide groups is 1. The van der Waals surface area contributed by atoms with Crippen molar-refractivity contribution in [2.24, 2.45) is 0 Å². The molecule has 0 unspecified atom stereocenters. The van der Waals surface area contributed by atoms with Crippen LogP contribution in [0.1, 0.15) is 18.1 Å². The molecule has 0 aliphatic carbocycles. The van der Waals surface area contributed by atoms with Gasteiger partial charge in [0.05, 0.1) is 34.2 Å². The van der Waals surface area contributed by atoms with Crippen LogP contribution in [0, 0.1) is 0 Å². The maximum Gasteiger partial charge on any atom is 0.328 e. The first kappa shape index (κ1) is 25.2. The Hall–Kier alpha value is -2.39. The first-order valence-corrected chi connectivity index (χ1v) is 11.4. The molecule has 2 aromatic rings. The third-order valence-electron chi connectivity index (χ3n) is 4.67. The van der Waals surface area contributed by atoms with E-state index >= 15 is 0 Å². The molecule has 2 amide bonds. The molecule has 11 heteroatoms. The van der Waals surface area contributed by atoms with Crippen molar-refractivity contribution in [3.8, 4) is 11.5 Å². The normalized spacial score (nSPS) is 15.7. The third kappa shape index (κ3) is 5.58. The molecule has 1 saturated heterocycles. The van der Waals surface area contributed by atoms with Gasteiger partial charge in [0.1, 0.15) is 12.6 Å². The number of amides is 2. The minimum absolute atomic E-state index is 0.137. The molecular weight excluding hydrogens is 513 g/mol. The fraction of sp³-hybridized carbons (Fsp3) is 0.227. The van der Waals surface area contributed by atoms with E-state index in [4.69, 9.17) is 44.3 Å².